The average molecular weight is 455 g/mol. The molecule has 4 N–H and O–H groups in total. The van der Waals surface area contributed by atoms with Crippen LogP contribution in [0, 0.1) is 5.92 Å². The van der Waals surface area contributed by atoms with Crippen molar-refractivity contribution in [1.29, 1.82) is 0 Å². The van der Waals surface area contributed by atoms with Gasteiger partial charge < -0.3 is 20.8 Å². The first-order chi connectivity index (χ1) is 16.2. The number of benzene rings is 3. The van der Waals surface area contributed by atoms with Crippen LogP contribution in [0.25, 0.3) is 0 Å². The van der Waals surface area contributed by atoms with Crippen LogP contribution in [0.2, 0.25) is 0 Å². The fourth-order valence-corrected chi connectivity index (χ4v) is 5.10. The summed E-state index contributed by atoms with van der Waals surface area (Å²) in [4.78, 5) is 12.9. The number of amides is 1. The van der Waals surface area contributed by atoms with Crippen LogP contribution < -0.4 is 10.6 Å². The van der Waals surface area contributed by atoms with Gasteiger partial charge in [0.1, 0.15) is 11.5 Å². The predicted octanol–water partition coefficient (Wildman–Crippen LogP) is 6.47. The van der Waals surface area contributed by atoms with Crippen LogP contribution in [0.3, 0.4) is 0 Å². The van der Waals surface area contributed by atoms with E-state index in [-0.39, 0.29) is 40.7 Å². The van der Waals surface area contributed by atoms with Crippen LogP contribution in [0.4, 0.5) is 11.4 Å². The molecule has 1 amide bonds. The third kappa shape index (κ3) is 4.03. The Morgan fingerprint density at radius 3 is 2.44 bits per heavy atom. The van der Waals surface area contributed by atoms with Gasteiger partial charge in [0.05, 0.1) is 6.04 Å². The lowest BCUT2D eigenvalue weighted by Crippen LogP contribution is -2.29. The maximum Gasteiger partial charge on any atom is 0.255 e. The number of phenols is 2. The van der Waals surface area contributed by atoms with Crippen LogP contribution in [-0.4, -0.2) is 16.1 Å². The smallest absolute Gasteiger partial charge is 0.255 e. The number of allylic oxidation sites excluding steroid dienone is 2. The largest absolute Gasteiger partial charge is 0.508 e. The molecule has 3 atom stereocenters. The lowest BCUT2D eigenvalue weighted by atomic mass is 9.76. The zero-order valence-corrected chi connectivity index (χ0v) is 19.7. The first-order valence-corrected chi connectivity index (χ1v) is 11.7. The van der Waals surface area contributed by atoms with E-state index in [0.29, 0.717) is 5.56 Å². The van der Waals surface area contributed by atoms with Crippen molar-refractivity contribution in [2.75, 3.05) is 10.6 Å². The molecule has 3 unspecified atom stereocenters. The molecule has 0 fully saturated rings. The first kappa shape index (κ1) is 22.1. The van der Waals surface area contributed by atoms with Crippen molar-refractivity contribution in [3.63, 3.8) is 0 Å². The standard InChI is InChI=1S/C29H30N2O3/c1-29(2,3)18-9-7-17(8-10-18)28(34)30-19-11-14-25-24(15-19)21-5-4-6-22(21)27(31-25)23-13-12-20(32)16-26(23)33/h4-5,7-16,21-22,27,31-33H,6H2,1-3H3,(H,30,34). The van der Waals surface area contributed by atoms with Gasteiger partial charge in [-0.1, -0.05) is 45.1 Å². The Balaban J connectivity index is 1.39. The molecule has 5 heteroatoms. The molecule has 5 rings (SSSR count). The van der Waals surface area contributed by atoms with E-state index in [9.17, 15) is 15.0 Å². The molecule has 0 aromatic heterocycles. The molecular formula is C29H30N2O3. The van der Waals surface area contributed by atoms with E-state index in [1.54, 1.807) is 12.1 Å². The SMILES string of the molecule is CC(C)(C)c1ccc(C(=O)Nc2ccc3c(c2)C2C=CCC2C(c2ccc(O)cc2O)N3)cc1. The number of aromatic hydroxyl groups is 2. The highest BCUT2D eigenvalue weighted by molar-refractivity contribution is 6.04. The average Bonchev–Trinajstić information content (AvgIpc) is 3.29. The van der Waals surface area contributed by atoms with Gasteiger partial charge in [-0.15, -0.1) is 0 Å². The number of phenolic OH excluding ortho intramolecular Hbond substituents is 2. The van der Waals surface area contributed by atoms with Gasteiger partial charge in [0.25, 0.3) is 5.91 Å². The van der Waals surface area contributed by atoms with E-state index < -0.39 is 0 Å². The molecule has 5 nitrogen and oxygen atoms in total. The Morgan fingerprint density at radius 1 is 0.971 bits per heavy atom. The van der Waals surface area contributed by atoms with Crippen molar-refractivity contribution in [3.8, 4) is 11.5 Å². The zero-order chi connectivity index (χ0) is 24.0. The summed E-state index contributed by atoms with van der Waals surface area (Å²) in [6, 6.07) is 18.4. The van der Waals surface area contributed by atoms with E-state index in [1.165, 1.54) is 11.6 Å². The topological polar surface area (TPSA) is 81.6 Å². The van der Waals surface area contributed by atoms with Gasteiger partial charge in [0, 0.05) is 34.5 Å². The van der Waals surface area contributed by atoms with Crippen molar-refractivity contribution < 1.29 is 15.0 Å². The molecule has 0 saturated carbocycles. The number of nitrogens with one attached hydrogen (secondary N) is 2. The summed E-state index contributed by atoms with van der Waals surface area (Å²) >= 11 is 0. The summed E-state index contributed by atoms with van der Waals surface area (Å²) in [6.45, 7) is 6.46. The molecule has 34 heavy (non-hydrogen) atoms. The fraction of sp³-hybridized carbons (Fsp3) is 0.276. The van der Waals surface area contributed by atoms with E-state index in [1.807, 2.05) is 42.5 Å². The summed E-state index contributed by atoms with van der Waals surface area (Å²) in [7, 11) is 0. The number of hydrogen-bond donors (Lipinski definition) is 4. The van der Waals surface area contributed by atoms with Gasteiger partial charge in [0.2, 0.25) is 0 Å². The number of anilines is 2. The number of carbonyl (C=O) groups excluding carboxylic acids is 1. The van der Waals surface area contributed by atoms with Crippen molar-refractivity contribution in [1.82, 2.24) is 0 Å². The van der Waals surface area contributed by atoms with Gasteiger partial charge in [-0.2, -0.15) is 0 Å². The Labute approximate surface area is 200 Å². The zero-order valence-electron chi connectivity index (χ0n) is 19.7. The normalized spacial score (nSPS) is 20.9. The molecule has 0 spiro atoms. The van der Waals surface area contributed by atoms with Gasteiger partial charge in [-0.3, -0.25) is 4.79 Å². The Hall–Kier alpha value is -3.73. The monoisotopic (exact) mass is 454 g/mol. The van der Waals surface area contributed by atoms with Crippen LogP contribution in [0.5, 0.6) is 11.5 Å². The lowest BCUT2D eigenvalue weighted by Gasteiger charge is -2.38. The highest BCUT2D eigenvalue weighted by Gasteiger charge is 2.39. The first-order valence-electron chi connectivity index (χ1n) is 11.7. The van der Waals surface area contributed by atoms with Gasteiger partial charge in [-0.05, 0) is 71.3 Å². The molecule has 1 aliphatic heterocycles. The van der Waals surface area contributed by atoms with E-state index in [0.717, 1.165) is 28.9 Å². The van der Waals surface area contributed by atoms with Crippen molar-refractivity contribution >= 4 is 17.3 Å². The molecule has 174 valence electrons. The van der Waals surface area contributed by atoms with Crippen LogP contribution in [0.1, 0.15) is 66.2 Å². The van der Waals surface area contributed by atoms with Crippen molar-refractivity contribution in [3.05, 3.63) is 95.1 Å². The van der Waals surface area contributed by atoms with Crippen molar-refractivity contribution in [2.24, 2.45) is 5.92 Å². The highest BCUT2D eigenvalue weighted by atomic mass is 16.3. The summed E-state index contributed by atoms with van der Waals surface area (Å²) in [6.07, 6.45) is 5.28. The molecule has 1 heterocycles. The van der Waals surface area contributed by atoms with E-state index in [2.05, 4.69) is 43.6 Å². The molecular weight excluding hydrogens is 424 g/mol. The van der Waals surface area contributed by atoms with Crippen LogP contribution in [-0.2, 0) is 5.41 Å². The Kier molecular flexibility index (Phi) is 5.35. The number of rotatable bonds is 3. The minimum absolute atomic E-state index is 0.0423. The maximum absolute atomic E-state index is 12.9. The second-order valence-electron chi connectivity index (χ2n) is 10.3. The lowest BCUT2D eigenvalue weighted by molar-refractivity contribution is 0.102. The van der Waals surface area contributed by atoms with Gasteiger partial charge in [0.15, 0.2) is 0 Å². The molecule has 3 aromatic carbocycles. The van der Waals surface area contributed by atoms with E-state index >= 15 is 0 Å². The Bertz CT molecular complexity index is 1270. The molecule has 0 saturated heterocycles. The molecule has 3 aromatic rings. The quantitative estimate of drug-likeness (QED) is 0.342. The van der Waals surface area contributed by atoms with Crippen molar-refractivity contribution in [2.45, 2.75) is 44.6 Å². The van der Waals surface area contributed by atoms with E-state index in [4.69, 9.17) is 0 Å². The molecule has 1 aliphatic carbocycles. The van der Waals surface area contributed by atoms with Crippen LogP contribution in [0.15, 0.2) is 72.8 Å². The minimum Gasteiger partial charge on any atom is -0.508 e. The summed E-state index contributed by atoms with van der Waals surface area (Å²) in [5.41, 5.74) is 5.52. The fourth-order valence-electron chi connectivity index (χ4n) is 5.10. The molecule has 0 radical (unpaired) electrons. The number of hydrogen-bond acceptors (Lipinski definition) is 4. The van der Waals surface area contributed by atoms with Crippen LogP contribution >= 0.6 is 0 Å². The summed E-state index contributed by atoms with van der Waals surface area (Å²) in [5.74, 6) is 0.422. The molecule has 2 aliphatic rings. The highest BCUT2D eigenvalue weighted by Crippen LogP contribution is 2.51. The predicted molar refractivity (Wildman–Crippen MR) is 136 cm³/mol. The number of carbonyl (C=O) groups is 1. The number of fused-ring (bicyclic) bond motifs is 3. The Morgan fingerprint density at radius 2 is 1.74 bits per heavy atom. The third-order valence-corrected chi connectivity index (χ3v) is 6.98. The summed E-state index contributed by atoms with van der Waals surface area (Å²) < 4.78 is 0. The minimum atomic E-state index is -0.130. The van der Waals surface area contributed by atoms with Gasteiger partial charge >= 0.3 is 0 Å². The molecule has 0 bridgehead atoms. The second kappa shape index (κ2) is 8.24. The summed E-state index contributed by atoms with van der Waals surface area (Å²) in [5, 5.41) is 26.8. The van der Waals surface area contributed by atoms with Gasteiger partial charge in [-0.25, -0.2) is 0 Å². The second-order valence-corrected chi connectivity index (χ2v) is 10.3. The third-order valence-electron chi connectivity index (χ3n) is 6.98. The maximum atomic E-state index is 12.9.